The SMILES string of the molecule is CCOC(=O)c1c(C(F)(F)F)nn(C)c1C(O)c1ccc(Cl)cc1F. The van der Waals surface area contributed by atoms with Crippen molar-refractivity contribution in [3.8, 4) is 0 Å². The van der Waals surface area contributed by atoms with Gasteiger partial charge in [0.25, 0.3) is 0 Å². The minimum Gasteiger partial charge on any atom is -0.462 e. The Morgan fingerprint density at radius 1 is 1.44 bits per heavy atom. The maximum Gasteiger partial charge on any atom is 0.436 e. The minimum absolute atomic E-state index is 0.0417. The number of aliphatic hydroxyl groups excluding tert-OH is 1. The van der Waals surface area contributed by atoms with Crippen molar-refractivity contribution in [2.24, 2.45) is 7.05 Å². The van der Waals surface area contributed by atoms with Crippen LogP contribution in [0.2, 0.25) is 5.02 Å². The average molecular weight is 381 g/mol. The third-order valence-electron chi connectivity index (χ3n) is 3.36. The van der Waals surface area contributed by atoms with Crippen molar-refractivity contribution in [3.05, 3.63) is 51.6 Å². The number of aryl methyl sites for hydroxylation is 1. The molecule has 1 N–H and O–H groups in total. The Labute approximate surface area is 144 Å². The van der Waals surface area contributed by atoms with E-state index in [2.05, 4.69) is 9.84 Å². The molecule has 1 atom stereocenters. The zero-order valence-corrected chi connectivity index (χ0v) is 13.8. The summed E-state index contributed by atoms with van der Waals surface area (Å²) < 4.78 is 58.9. The first-order chi connectivity index (χ1) is 11.6. The van der Waals surface area contributed by atoms with Crippen molar-refractivity contribution < 1.29 is 32.2 Å². The second-order valence-electron chi connectivity index (χ2n) is 5.02. The van der Waals surface area contributed by atoms with E-state index in [1.807, 2.05) is 0 Å². The average Bonchev–Trinajstić information content (AvgIpc) is 2.84. The highest BCUT2D eigenvalue weighted by atomic mass is 35.5. The summed E-state index contributed by atoms with van der Waals surface area (Å²) in [5, 5.41) is 13.7. The highest BCUT2D eigenvalue weighted by Gasteiger charge is 2.43. The Hall–Kier alpha value is -2.13. The van der Waals surface area contributed by atoms with Crippen LogP contribution in [0.1, 0.15) is 40.3 Å². The van der Waals surface area contributed by atoms with Gasteiger partial charge in [-0.1, -0.05) is 17.7 Å². The number of esters is 1. The van der Waals surface area contributed by atoms with Gasteiger partial charge < -0.3 is 9.84 Å². The van der Waals surface area contributed by atoms with Crippen LogP contribution < -0.4 is 0 Å². The fourth-order valence-electron chi connectivity index (χ4n) is 2.32. The molecule has 2 rings (SSSR count). The molecule has 2 aromatic rings. The molecule has 1 aromatic heterocycles. The van der Waals surface area contributed by atoms with Gasteiger partial charge in [0.2, 0.25) is 0 Å². The van der Waals surface area contributed by atoms with Gasteiger partial charge in [-0.2, -0.15) is 18.3 Å². The van der Waals surface area contributed by atoms with E-state index in [1.54, 1.807) is 0 Å². The van der Waals surface area contributed by atoms with Crippen LogP contribution >= 0.6 is 11.6 Å². The summed E-state index contributed by atoms with van der Waals surface area (Å²) >= 11 is 5.62. The molecule has 10 heteroatoms. The molecule has 1 aromatic carbocycles. The van der Waals surface area contributed by atoms with Crippen LogP contribution in [-0.4, -0.2) is 27.5 Å². The second kappa shape index (κ2) is 7.01. The topological polar surface area (TPSA) is 64.3 Å². The largest absolute Gasteiger partial charge is 0.462 e. The van der Waals surface area contributed by atoms with Crippen LogP contribution in [0.5, 0.6) is 0 Å². The number of carbonyl (C=O) groups excluding carboxylic acids is 1. The van der Waals surface area contributed by atoms with Crippen LogP contribution in [0.3, 0.4) is 0 Å². The number of nitrogens with zero attached hydrogens (tertiary/aromatic N) is 2. The smallest absolute Gasteiger partial charge is 0.436 e. The van der Waals surface area contributed by atoms with Gasteiger partial charge in [-0.05, 0) is 19.1 Å². The Balaban J connectivity index is 2.67. The van der Waals surface area contributed by atoms with E-state index >= 15 is 0 Å². The van der Waals surface area contributed by atoms with Gasteiger partial charge in [0.1, 0.15) is 17.5 Å². The monoisotopic (exact) mass is 380 g/mol. The lowest BCUT2D eigenvalue weighted by Crippen LogP contribution is -2.17. The van der Waals surface area contributed by atoms with Crippen molar-refractivity contribution >= 4 is 17.6 Å². The quantitative estimate of drug-likeness (QED) is 0.651. The lowest BCUT2D eigenvalue weighted by Gasteiger charge is -2.15. The Bertz CT molecular complexity index is 805. The molecule has 0 aliphatic carbocycles. The molecular weight excluding hydrogens is 368 g/mol. The van der Waals surface area contributed by atoms with Crippen LogP contribution in [0, 0.1) is 5.82 Å². The number of ether oxygens (including phenoxy) is 1. The first-order valence-electron chi connectivity index (χ1n) is 7.02. The molecule has 1 heterocycles. The highest BCUT2D eigenvalue weighted by molar-refractivity contribution is 6.30. The van der Waals surface area contributed by atoms with E-state index in [-0.39, 0.29) is 17.2 Å². The molecule has 0 aliphatic heterocycles. The van der Waals surface area contributed by atoms with Crippen LogP contribution in [0.15, 0.2) is 18.2 Å². The normalized spacial score (nSPS) is 13.0. The maximum absolute atomic E-state index is 14.0. The van der Waals surface area contributed by atoms with Crippen molar-refractivity contribution in [1.29, 1.82) is 0 Å². The molecule has 0 spiro atoms. The number of alkyl halides is 3. The lowest BCUT2D eigenvalue weighted by molar-refractivity contribution is -0.142. The molecule has 0 saturated heterocycles. The predicted molar refractivity (Wildman–Crippen MR) is 79.6 cm³/mol. The van der Waals surface area contributed by atoms with E-state index in [0.717, 1.165) is 19.2 Å². The molecule has 25 heavy (non-hydrogen) atoms. The van der Waals surface area contributed by atoms with Crippen molar-refractivity contribution in [2.45, 2.75) is 19.2 Å². The fraction of sp³-hybridized carbons (Fsp3) is 0.333. The summed E-state index contributed by atoms with van der Waals surface area (Å²) in [6, 6.07) is 3.26. The molecular formula is C15H13ClF4N2O3. The second-order valence-corrected chi connectivity index (χ2v) is 5.46. The van der Waals surface area contributed by atoms with E-state index < -0.39 is 41.0 Å². The van der Waals surface area contributed by atoms with Crippen LogP contribution in [-0.2, 0) is 18.0 Å². The van der Waals surface area contributed by atoms with Crippen LogP contribution in [0.4, 0.5) is 17.6 Å². The van der Waals surface area contributed by atoms with Gasteiger partial charge >= 0.3 is 12.1 Å². The molecule has 0 saturated carbocycles. The van der Waals surface area contributed by atoms with E-state index in [0.29, 0.717) is 4.68 Å². The summed E-state index contributed by atoms with van der Waals surface area (Å²) in [7, 11) is 1.10. The molecule has 5 nitrogen and oxygen atoms in total. The van der Waals surface area contributed by atoms with Gasteiger partial charge in [0.05, 0.1) is 12.3 Å². The van der Waals surface area contributed by atoms with E-state index in [9.17, 15) is 27.5 Å². The fourth-order valence-corrected chi connectivity index (χ4v) is 2.48. The Morgan fingerprint density at radius 3 is 2.60 bits per heavy atom. The number of benzene rings is 1. The molecule has 0 bridgehead atoms. The third kappa shape index (κ3) is 3.77. The Morgan fingerprint density at radius 2 is 2.08 bits per heavy atom. The van der Waals surface area contributed by atoms with Gasteiger partial charge in [-0.15, -0.1) is 0 Å². The van der Waals surface area contributed by atoms with Gasteiger partial charge in [-0.3, -0.25) is 4.68 Å². The number of hydrogen-bond acceptors (Lipinski definition) is 4. The maximum atomic E-state index is 14.0. The molecule has 1 unspecified atom stereocenters. The first kappa shape index (κ1) is 19.2. The van der Waals surface area contributed by atoms with Crippen LogP contribution in [0.25, 0.3) is 0 Å². The van der Waals surface area contributed by atoms with Crippen molar-refractivity contribution in [2.75, 3.05) is 6.61 Å². The first-order valence-corrected chi connectivity index (χ1v) is 7.39. The molecule has 0 aliphatic rings. The van der Waals surface area contributed by atoms with Gasteiger partial charge in [-0.25, -0.2) is 9.18 Å². The summed E-state index contributed by atoms with van der Waals surface area (Å²) in [5.41, 5.74) is -3.37. The molecule has 0 amide bonds. The van der Waals surface area contributed by atoms with Gasteiger partial charge in [0.15, 0.2) is 5.69 Å². The summed E-state index contributed by atoms with van der Waals surface area (Å²) in [5.74, 6) is -2.25. The summed E-state index contributed by atoms with van der Waals surface area (Å²) in [6.45, 7) is 1.23. The van der Waals surface area contributed by atoms with Crippen molar-refractivity contribution in [3.63, 3.8) is 0 Å². The zero-order chi connectivity index (χ0) is 18.9. The number of hydrogen-bond donors (Lipinski definition) is 1. The molecule has 0 radical (unpaired) electrons. The third-order valence-corrected chi connectivity index (χ3v) is 3.59. The zero-order valence-electron chi connectivity index (χ0n) is 13.1. The van der Waals surface area contributed by atoms with Crippen molar-refractivity contribution in [1.82, 2.24) is 9.78 Å². The summed E-state index contributed by atoms with van der Waals surface area (Å²) in [4.78, 5) is 12.0. The summed E-state index contributed by atoms with van der Waals surface area (Å²) in [6.07, 6.45) is -6.85. The number of aromatic nitrogens is 2. The minimum atomic E-state index is -4.96. The van der Waals surface area contributed by atoms with Gasteiger partial charge in [0, 0.05) is 17.6 Å². The number of halogens is 5. The number of rotatable bonds is 4. The predicted octanol–water partition coefficient (Wildman–Crippen LogP) is 3.49. The highest BCUT2D eigenvalue weighted by Crippen LogP contribution is 2.37. The lowest BCUT2D eigenvalue weighted by atomic mass is 10.0. The van der Waals surface area contributed by atoms with E-state index in [4.69, 9.17) is 11.6 Å². The standard InChI is InChI=1S/C15H13ClF4N2O3/c1-3-25-14(24)10-11(22(2)21-13(10)15(18,19)20)12(23)8-5-4-7(16)6-9(8)17/h4-6,12,23H,3H2,1-2H3. The number of carbonyl (C=O) groups is 1. The molecule has 136 valence electrons. The van der Waals surface area contributed by atoms with E-state index in [1.165, 1.54) is 13.0 Å². The Kier molecular flexibility index (Phi) is 5.38. The molecule has 0 fully saturated rings. The number of aliphatic hydroxyl groups is 1.